The molecule has 2 rings (SSSR count). The maximum Gasteiger partial charge on any atom is 0.0558 e. The van der Waals surface area contributed by atoms with Gasteiger partial charge >= 0.3 is 0 Å². The number of hydrogen-bond acceptors (Lipinski definition) is 4. The van der Waals surface area contributed by atoms with Crippen LogP contribution in [0.2, 0.25) is 0 Å². The molecule has 2 aliphatic rings. The second-order valence-electron chi connectivity index (χ2n) is 7.27. The Morgan fingerprint density at radius 3 is 2.40 bits per heavy atom. The molecule has 0 aromatic rings. The maximum atomic E-state index is 9.01. The molecule has 1 aliphatic carbocycles. The lowest BCUT2D eigenvalue weighted by atomic mass is 9.68. The van der Waals surface area contributed by atoms with E-state index in [1.807, 2.05) is 0 Å². The molecule has 0 aromatic carbocycles. The normalized spacial score (nSPS) is 32.4. The van der Waals surface area contributed by atoms with E-state index in [9.17, 15) is 0 Å². The van der Waals surface area contributed by atoms with E-state index in [1.165, 1.54) is 25.8 Å². The molecule has 0 spiro atoms. The van der Waals surface area contributed by atoms with Gasteiger partial charge in [-0.3, -0.25) is 4.90 Å². The number of β-amino-alcohol motifs (C(OH)–C–C–N with tert-alkyl or cyclic N) is 1. The van der Waals surface area contributed by atoms with Crippen LogP contribution >= 0.6 is 0 Å². The molecular weight excluding hydrogens is 250 g/mol. The molecule has 2 fully saturated rings. The molecule has 0 aromatic heterocycles. The van der Waals surface area contributed by atoms with Crippen LogP contribution in [0, 0.1) is 11.3 Å². The van der Waals surface area contributed by atoms with E-state index in [2.05, 4.69) is 36.0 Å². The first-order valence-electron chi connectivity index (χ1n) is 8.29. The highest BCUT2D eigenvalue weighted by Gasteiger charge is 2.38. The van der Waals surface area contributed by atoms with Gasteiger partial charge in [0.2, 0.25) is 0 Å². The predicted octanol–water partition coefficient (Wildman–Crippen LogP) is 1.01. The summed E-state index contributed by atoms with van der Waals surface area (Å²) in [4.78, 5) is 5.00. The first kappa shape index (κ1) is 16.2. The summed E-state index contributed by atoms with van der Waals surface area (Å²) < 4.78 is 0. The molecule has 1 saturated heterocycles. The summed E-state index contributed by atoms with van der Waals surface area (Å²) >= 11 is 0. The molecule has 2 unspecified atom stereocenters. The molecule has 2 atom stereocenters. The van der Waals surface area contributed by atoms with E-state index in [4.69, 9.17) is 5.11 Å². The molecule has 20 heavy (non-hydrogen) atoms. The predicted molar refractivity (Wildman–Crippen MR) is 83.9 cm³/mol. The van der Waals surface area contributed by atoms with Gasteiger partial charge in [0.25, 0.3) is 0 Å². The van der Waals surface area contributed by atoms with Gasteiger partial charge in [0.05, 0.1) is 6.61 Å². The molecule has 0 bridgehead atoms. The largest absolute Gasteiger partial charge is 0.395 e. The number of nitrogens with zero attached hydrogens (tertiary/aromatic N) is 2. The van der Waals surface area contributed by atoms with Crippen LogP contribution in [0.15, 0.2) is 0 Å². The summed E-state index contributed by atoms with van der Waals surface area (Å²) in [5.41, 5.74) is 0.427. The summed E-state index contributed by atoms with van der Waals surface area (Å²) in [6.45, 7) is 11.7. The minimum atomic E-state index is 0.290. The van der Waals surface area contributed by atoms with E-state index < -0.39 is 0 Å². The van der Waals surface area contributed by atoms with Crippen molar-refractivity contribution in [2.45, 2.75) is 39.2 Å². The van der Waals surface area contributed by atoms with Crippen LogP contribution in [0.1, 0.15) is 33.1 Å². The van der Waals surface area contributed by atoms with Gasteiger partial charge in [0.1, 0.15) is 0 Å². The molecule has 2 N–H and O–H groups in total. The lowest BCUT2D eigenvalue weighted by molar-refractivity contribution is 0.0565. The Kier molecular flexibility index (Phi) is 5.84. The van der Waals surface area contributed by atoms with Gasteiger partial charge in [0.15, 0.2) is 0 Å². The second-order valence-corrected chi connectivity index (χ2v) is 7.27. The highest BCUT2D eigenvalue weighted by atomic mass is 16.3. The Balaban J connectivity index is 1.83. The topological polar surface area (TPSA) is 38.7 Å². The van der Waals surface area contributed by atoms with Crippen molar-refractivity contribution in [2.75, 3.05) is 52.9 Å². The van der Waals surface area contributed by atoms with Crippen molar-refractivity contribution >= 4 is 0 Å². The number of aliphatic hydroxyl groups is 1. The van der Waals surface area contributed by atoms with Crippen molar-refractivity contribution in [3.05, 3.63) is 0 Å². The SMILES string of the molecule is CNC1C(CN2CCN(CCO)CC2)CCCC1(C)C. The molecule has 4 heteroatoms. The summed E-state index contributed by atoms with van der Waals surface area (Å²) in [6.07, 6.45) is 4.09. The zero-order valence-electron chi connectivity index (χ0n) is 13.6. The molecule has 0 radical (unpaired) electrons. The average molecular weight is 283 g/mol. The molecule has 4 nitrogen and oxygen atoms in total. The van der Waals surface area contributed by atoms with E-state index in [0.717, 1.165) is 38.6 Å². The Morgan fingerprint density at radius 1 is 1.15 bits per heavy atom. The van der Waals surface area contributed by atoms with Crippen LogP contribution < -0.4 is 5.32 Å². The number of aliphatic hydroxyl groups excluding tert-OH is 1. The number of rotatable bonds is 5. The van der Waals surface area contributed by atoms with Gasteiger partial charge in [-0.05, 0) is 31.2 Å². The van der Waals surface area contributed by atoms with Crippen molar-refractivity contribution in [3.63, 3.8) is 0 Å². The van der Waals surface area contributed by atoms with E-state index in [1.54, 1.807) is 0 Å². The quantitative estimate of drug-likeness (QED) is 0.790. The summed E-state index contributed by atoms with van der Waals surface area (Å²) in [7, 11) is 2.13. The van der Waals surface area contributed by atoms with E-state index in [-0.39, 0.29) is 0 Å². The zero-order chi connectivity index (χ0) is 14.6. The minimum Gasteiger partial charge on any atom is -0.395 e. The maximum absolute atomic E-state index is 9.01. The van der Waals surface area contributed by atoms with Gasteiger partial charge in [-0.1, -0.05) is 20.3 Å². The number of hydrogen-bond donors (Lipinski definition) is 2. The molecular formula is C16H33N3O. The third-order valence-corrected chi connectivity index (χ3v) is 5.39. The van der Waals surface area contributed by atoms with Crippen LogP contribution in [0.5, 0.6) is 0 Å². The lowest BCUT2D eigenvalue weighted by Gasteiger charge is -2.46. The average Bonchev–Trinajstić information content (AvgIpc) is 2.41. The Labute approximate surface area is 124 Å². The van der Waals surface area contributed by atoms with Crippen molar-refractivity contribution in [1.29, 1.82) is 0 Å². The highest BCUT2D eigenvalue weighted by Crippen LogP contribution is 2.39. The molecule has 0 amide bonds. The van der Waals surface area contributed by atoms with Gasteiger partial charge < -0.3 is 15.3 Å². The van der Waals surface area contributed by atoms with Crippen LogP contribution in [-0.2, 0) is 0 Å². The zero-order valence-corrected chi connectivity index (χ0v) is 13.6. The molecule has 1 heterocycles. The lowest BCUT2D eigenvalue weighted by Crippen LogP contribution is -2.54. The van der Waals surface area contributed by atoms with Gasteiger partial charge in [-0.2, -0.15) is 0 Å². The van der Waals surface area contributed by atoms with Crippen molar-refractivity contribution in [2.24, 2.45) is 11.3 Å². The Hall–Kier alpha value is -0.160. The summed E-state index contributed by atoms with van der Waals surface area (Å²) in [5.74, 6) is 0.785. The van der Waals surface area contributed by atoms with Crippen molar-refractivity contribution in [3.8, 4) is 0 Å². The molecule has 1 aliphatic heterocycles. The standard InChI is InChI=1S/C16H33N3O/c1-16(2)6-4-5-14(15(16)17-3)13-19-9-7-18(8-10-19)11-12-20/h14-15,17,20H,4-13H2,1-3H3. The third kappa shape index (κ3) is 3.94. The van der Waals surface area contributed by atoms with Crippen molar-refractivity contribution < 1.29 is 5.11 Å². The fourth-order valence-electron chi connectivity index (χ4n) is 4.27. The first-order valence-corrected chi connectivity index (χ1v) is 8.29. The fourth-order valence-corrected chi connectivity index (χ4v) is 4.27. The molecule has 1 saturated carbocycles. The first-order chi connectivity index (χ1) is 9.56. The monoisotopic (exact) mass is 283 g/mol. The Morgan fingerprint density at radius 2 is 1.80 bits per heavy atom. The minimum absolute atomic E-state index is 0.290. The summed E-state index contributed by atoms with van der Waals surface area (Å²) in [6, 6.07) is 0.645. The third-order valence-electron chi connectivity index (χ3n) is 5.39. The number of nitrogens with one attached hydrogen (secondary N) is 1. The number of piperazine rings is 1. The summed E-state index contributed by atoms with van der Waals surface area (Å²) in [5, 5.41) is 12.6. The van der Waals surface area contributed by atoms with Crippen LogP contribution in [-0.4, -0.2) is 73.9 Å². The van der Waals surface area contributed by atoms with Crippen LogP contribution in [0.25, 0.3) is 0 Å². The second kappa shape index (κ2) is 7.21. The van der Waals surface area contributed by atoms with Gasteiger partial charge in [-0.15, -0.1) is 0 Å². The van der Waals surface area contributed by atoms with E-state index >= 15 is 0 Å². The van der Waals surface area contributed by atoms with E-state index in [0.29, 0.717) is 18.1 Å². The smallest absolute Gasteiger partial charge is 0.0558 e. The highest BCUT2D eigenvalue weighted by molar-refractivity contribution is 4.94. The van der Waals surface area contributed by atoms with Crippen LogP contribution in [0.4, 0.5) is 0 Å². The molecule has 118 valence electrons. The fraction of sp³-hybridized carbons (Fsp3) is 1.00. The van der Waals surface area contributed by atoms with Gasteiger partial charge in [0, 0.05) is 45.3 Å². The Bertz CT molecular complexity index is 287. The van der Waals surface area contributed by atoms with Crippen molar-refractivity contribution in [1.82, 2.24) is 15.1 Å². The van der Waals surface area contributed by atoms with Crippen LogP contribution in [0.3, 0.4) is 0 Å². The van der Waals surface area contributed by atoms with Gasteiger partial charge in [-0.25, -0.2) is 0 Å².